The molecule has 1 aliphatic carbocycles. The summed E-state index contributed by atoms with van der Waals surface area (Å²) in [6.45, 7) is 3.93. The molecule has 234 valence electrons. The molecule has 1 aromatic heterocycles. The molecule has 1 heterocycles. The van der Waals surface area contributed by atoms with Crippen molar-refractivity contribution in [2.75, 3.05) is 5.32 Å². The Kier molecular flexibility index (Phi) is 9.43. The standard InChI is InChI=1S/C34H37ClN6O4/c1-20(2)30(31(36)43)40-32(44)34(15-14-27-24(18-34)23-10-6-7-11-26(23)38-27)41-29(42)17-22-12-13-25(35)28(16-22)39-33(45)37-19-21-8-4-3-5-9-21/h3-13,16,20,30,38H,14-15,17-19H2,1-2H3,(H2,36,43)(H,40,44)(H,41,42)(H2,37,39,45)/t30-,34-/m0/s1. The Hall–Kier alpha value is -4.83. The lowest BCUT2D eigenvalue weighted by molar-refractivity contribution is -0.136. The van der Waals surface area contributed by atoms with Gasteiger partial charge in [-0.1, -0.05) is 80.0 Å². The third kappa shape index (κ3) is 7.29. The first-order valence-corrected chi connectivity index (χ1v) is 15.3. The van der Waals surface area contributed by atoms with E-state index in [1.54, 1.807) is 32.0 Å². The number of amides is 5. The molecule has 0 fully saturated rings. The van der Waals surface area contributed by atoms with E-state index in [9.17, 15) is 19.2 Å². The summed E-state index contributed by atoms with van der Waals surface area (Å²) < 4.78 is 0. The molecule has 0 spiro atoms. The van der Waals surface area contributed by atoms with E-state index in [1.807, 2.05) is 54.6 Å². The van der Waals surface area contributed by atoms with Crippen LogP contribution in [0.15, 0.2) is 72.8 Å². The van der Waals surface area contributed by atoms with Crippen molar-refractivity contribution in [3.05, 3.63) is 100 Å². The van der Waals surface area contributed by atoms with Gasteiger partial charge in [0.05, 0.1) is 17.1 Å². The number of halogens is 1. The first-order valence-electron chi connectivity index (χ1n) is 14.9. The number of H-pyrrole nitrogens is 1. The van der Waals surface area contributed by atoms with Crippen molar-refractivity contribution in [3.63, 3.8) is 0 Å². The maximum absolute atomic E-state index is 14.0. The molecule has 7 N–H and O–H groups in total. The lowest BCUT2D eigenvalue weighted by atomic mass is 9.78. The highest BCUT2D eigenvalue weighted by Gasteiger charge is 2.45. The monoisotopic (exact) mass is 628 g/mol. The second-order valence-electron chi connectivity index (χ2n) is 11.8. The Bertz CT molecular complexity index is 1740. The van der Waals surface area contributed by atoms with E-state index in [1.165, 1.54) is 0 Å². The number of para-hydroxylation sites is 1. The molecule has 5 amide bonds. The van der Waals surface area contributed by atoms with Crippen LogP contribution in [0.3, 0.4) is 0 Å². The van der Waals surface area contributed by atoms with E-state index in [-0.39, 0.29) is 18.8 Å². The highest BCUT2D eigenvalue weighted by Crippen LogP contribution is 2.35. The summed E-state index contributed by atoms with van der Waals surface area (Å²) in [5.41, 5.74) is 9.10. The van der Waals surface area contributed by atoms with Gasteiger partial charge in [0.25, 0.3) is 0 Å². The number of carbonyl (C=O) groups is 4. The number of primary amides is 1. The lowest BCUT2D eigenvalue weighted by Gasteiger charge is -2.38. The number of fused-ring (bicyclic) bond motifs is 3. The topological polar surface area (TPSA) is 158 Å². The minimum atomic E-state index is -1.32. The van der Waals surface area contributed by atoms with Gasteiger partial charge in [0, 0.05) is 29.6 Å². The molecule has 0 saturated heterocycles. The van der Waals surface area contributed by atoms with Gasteiger partial charge in [0.2, 0.25) is 17.7 Å². The maximum atomic E-state index is 14.0. The molecular formula is C34H37ClN6O4. The van der Waals surface area contributed by atoms with Crippen LogP contribution in [0.2, 0.25) is 5.02 Å². The number of hydrogen-bond donors (Lipinski definition) is 6. The summed E-state index contributed by atoms with van der Waals surface area (Å²) >= 11 is 6.36. The third-order valence-corrected chi connectivity index (χ3v) is 8.52. The van der Waals surface area contributed by atoms with Crippen LogP contribution in [-0.4, -0.2) is 40.3 Å². The molecule has 0 aliphatic heterocycles. The Labute approximate surface area is 266 Å². The van der Waals surface area contributed by atoms with Crippen LogP contribution in [-0.2, 0) is 40.2 Å². The summed E-state index contributed by atoms with van der Waals surface area (Å²) in [7, 11) is 0. The van der Waals surface area contributed by atoms with Gasteiger partial charge in [-0.2, -0.15) is 0 Å². The molecule has 0 bridgehead atoms. The van der Waals surface area contributed by atoms with Gasteiger partial charge in [0.1, 0.15) is 11.6 Å². The number of rotatable bonds is 10. The summed E-state index contributed by atoms with van der Waals surface area (Å²) in [5.74, 6) is -1.73. The van der Waals surface area contributed by atoms with E-state index in [0.717, 1.165) is 27.7 Å². The molecule has 10 nitrogen and oxygen atoms in total. The van der Waals surface area contributed by atoms with Gasteiger partial charge in [0.15, 0.2) is 0 Å². The molecule has 3 aromatic carbocycles. The Balaban J connectivity index is 1.34. The number of aryl methyl sites for hydroxylation is 1. The van der Waals surface area contributed by atoms with Gasteiger partial charge in [-0.25, -0.2) is 4.79 Å². The number of anilines is 1. The number of urea groups is 1. The first kappa shape index (κ1) is 31.6. The zero-order chi connectivity index (χ0) is 32.1. The van der Waals surface area contributed by atoms with Crippen LogP contribution in [0.25, 0.3) is 10.9 Å². The van der Waals surface area contributed by atoms with E-state index in [2.05, 4.69) is 26.3 Å². The first-order chi connectivity index (χ1) is 21.5. The van der Waals surface area contributed by atoms with E-state index in [4.69, 9.17) is 17.3 Å². The predicted octanol–water partition coefficient (Wildman–Crippen LogP) is 4.36. The Morgan fingerprint density at radius 1 is 0.978 bits per heavy atom. The zero-order valence-corrected chi connectivity index (χ0v) is 26.0. The highest BCUT2D eigenvalue weighted by molar-refractivity contribution is 6.33. The number of carbonyl (C=O) groups excluding carboxylic acids is 4. The van der Waals surface area contributed by atoms with E-state index < -0.39 is 35.3 Å². The van der Waals surface area contributed by atoms with Crippen molar-refractivity contribution in [2.45, 2.75) is 57.7 Å². The Morgan fingerprint density at radius 3 is 2.44 bits per heavy atom. The number of hydrogen-bond acceptors (Lipinski definition) is 4. The molecule has 0 unspecified atom stereocenters. The quantitative estimate of drug-likeness (QED) is 0.154. The fourth-order valence-corrected chi connectivity index (χ4v) is 5.99. The van der Waals surface area contributed by atoms with Crippen molar-refractivity contribution >= 4 is 51.9 Å². The fourth-order valence-electron chi connectivity index (χ4n) is 5.82. The predicted molar refractivity (Wildman–Crippen MR) is 175 cm³/mol. The van der Waals surface area contributed by atoms with Gasteiger partial charge in [-0.05, 0) is 53.6 Å². The number of benzene rings is 3. The molecular weight excluding hydrogens is 592 g/mol. The van der Waals surface area contributed by atoms with Gasteiger partial charge in [-0.15, -0.1) is 0 Å². The van der Waals surface area contributed by atoms with Crippen LogP contribution in [0, 0.1) is 5.92 Å². The SMILES string of the molecule is CC(C)[C@H](NC(=O)[C@]1(NC(=O)Cc2ccc(Cl)c(NC(=O)NCc3ccccc3)c2)CCc2[nH]c3ccccc3c2C1)C(N)=O. The maximum Gasteiger partial charge on any atom is 0.319 e. The highest BCUT2D eigenvalue weighted by atomic mass is 35.5. The molecule has 4 aromatic rings. The van der Waals surface area contributed by atoms with Gasteiger partial charge in [-0.3, -0.25) is 14.4 Å². The number of nitrogens with one attached hydrogen (secondary N) is 5. The normalized spacial score (nSPS) is 16.4. The molecule has 1 aliphatic rings. The summed E-state index contributed by atoms with van der Waals surface area (Å²) in [4.78, 5) is 55.8. The van der Waals surface area contributed by atoms with Gasteiger partial charge >= 0.3 is 6.03 Å². The van der Waals surface area contributed by atoms with Crippen molar-refractivity contribution in [1.82, 2.24) is 20.9 Å². The number of nitrogens with two attached hydrogens (primary N) is 1. The van der Waals surface area contributed by atoms with Crippen LogP contribution < -0.4 is 27.0 Å². The largest absolute Gasteiger partial charge is 0.368 e. The lowest BCUT2D eigenvalue weighted by Crippen LogP contribution is -2.64. The number of aromatic nitrogens is 1. The number of aromatic amines is 1. The van der Waals surface area contributed by atoms with Crippen molar-refractivity contribution in [1.29, 1.82) is 0 Å². The second-order valence-corrected chi connectivity index (χ2v) is 12.2. The average Bonchev–Trinajstić information content (AvgIpc) is 3.38. The minimum absolute atomic E-state index is 0.0727. The molecule has 0 radical (unpaired) electrons. The second kappa shape index (κ2) is 13.4. The van der Waals surface area contributed by atoms with Gasteiger partial charge < -0.3 is 32.0 Å². The molecule has 45 heavy (non-hydrogen) atoms. The summed E-state index contributed by atoms with van der Waals surface area (Å²) in [5, 5.41) is 12.7. The smallest absolute Gasteiger partial charge is 0.319 e. The average molecular weight is 629 g/mol. The molecule has 0 saturated carbocycles. The summed E-state index contributed by atoms with van der Waals surface area (Å²) in [6, 6.07) is 20.9. The zero-order valence-electron chi connectivity index (χ0n) is 25.2. The van der Waals surface area contributed by atoms with Crippen LogP contribution >= 0.6 is 11.6 Å². The van der Waals surface area contributed by atoms with Crippen LogP contribution in [0.1, 0.15) is 42.7 Å². The third-order valence-electron chi connectivity index (χ3n) is 8.20. The van der Waals surface area contributed by atoms with Crippen molar-refractivity contribution in [3.8, 4) is 0 Å². The molecule has 2 atom stereocenters. The van der Waals surface area contributed by atoms with Crippen molar-refractivity contribution < 1.29 is 19.2 Å². The Morgan fingerprint density at radius 2 is 1.71 bits per heavy atom. The van der Waals surface area contributed by atoms with Crippen LogP contribution in [0.4, 0.5) is 10.5 Å². The summed E-state index contributed by atoms with van der Waals surface area (Å²) in [6.07, 6.45) is 1.01. The van der Waals surface area contributed by atoms with Crippen LogP contribution in [0.5, 0.6) is 0 Å². The molecule has 5 rings (SSSR count). The molecule has 11 heteroatoms. The minimum Gasteiger partial charge on any atom is -0.368 e. The fraction of sp³-hybridized carbons (Fsp3) is 0.294. The van der Waals surface area contributed by atoms with E-state index >= 15 is 0 Å². The van der Waals surface area contributed by atoms with Crippen molar-refractivity contribution in [2.24, 2.45) is 11.7 Å². The van der Waals surface area contributed by atoms with E-state index in [0.29, 0.717) is 35.7 Å².